The van der Waals surface area contributed by atoms with Crippen LogP contribution in [0.4, 0.5) is 4.39 Å². The first-order chi connectivity index (χ1) is 13.8. The van der Waals surface area contributed by atoms with Gasteiger partial charge in [-0.1, -0.05) is 18.6 Å². The Balaban J connectivity index is 1.64. The molecular formula is C23H29FO6. The third-order valence-corrected chi connectivity index (χ3v) is 8.95. The Morgan fingerprint density at radius 2 is 1.93 bits per heavy atom. The lowest BCUT2D eigenvalue weighted by molar-refractivity contribution is -0.251. The van der Waals surface area contributed by atoms with Crippen LogP contribution in [0, 0.1) is 22.7 Å². The van der Waals surface area contributed by atoms with Gasteiger partial charge in [-0.25, -0.2) is 9.18 Å². The van der Waals surface area contributed by atoms with Crippen molar-refractivity contribution in [3.63, 3.8) is 0 Å². The second-order valence-corrected chi connectivity index (χ2v) is 10.6. The van der Waals surface area contributed by atoms with Crippen LogP contribution < -0.4 is 0 Å². The van der Waals surface area contributed by atoms with E-state index < -0.39 is 52.0 Å². The minimum Gasteiger partial charge on any atom is -0.479 e. The summed E-state index contributed by atoms with van der Waals surface area (Å²) in [4.78, 5) is 24.5. The standard InChI is InChI=1S/C23H29FO6/c1-19(2)29-17-10-15-14-6-5-12-9-13(25)7-8-20(12,3)22(14,24)16(26)11-21(15,4)23(17,30-19)18(27)28/h7-9,14-17,26H,5-6,10-11H2,1-4H3,(H,27,28)/t14-,15-,16+,17-,20+,21+,22+,23+/m1/s1. The molecule has 164 valence electrons. The first-order valence-corrected chi connectivity index (χ1v) is 10.7. The van der Waals surface area contributed by atoms with Crippen molar-refractivity contribution >= 4 is 11.8 Å². The van der Waals surface area contributed by atoms with E-state index in [0.717, 1.165) is 0 Å². The Morgan fingerprint density at radius 1 is 1.23 bits per heavy atom. The number of fused-ring (bicyclic) bond motifs is 7. The fourth-order valence-corrected chi connectivity index (χ4v) is 7.68. The van der Waals surface area contributed by atoms with Crippen LogP contribution in [0.15, 0.2) is 23.8 Å². The van der Waals surface area contributed by atoms with Gasteiger partial charge in [-0.2, -0.15) is 0 Å². The summed E-state index contributed by atoms with van der Waals surface area (Å²) in [6, 6.07) is 0. The van der Waals surface area contributed by atoms with Crippen molar-refractivity contribution in [2.45, 2.75) is 82.6 Å². The normalized spacial score (nSPS) is 53.4. The summed E-state index contributed by atoms with van der Waals surface area (Å²) < 4.78 is 29.1. The van der Waals surface area contributed by atoms with Gasteiger partial charge in [0.15, 0.2) is 22.8 Å². The number of carbonyl (C=O) groups is 2. The minimum atomic E-state index is -1.99. The zero-order valence-electron chi connectivity index (χ0n) is 17.8. The molecule has 7 heteroatoms. The molecule has 1 saturated heterocycles. The molecule has 30 heavy (non-hydrogen) atoms. The number of carboxylic acids is 1. The van der Waals surface area contributed by atoms with Gasteiger partial charge >= 0.3 is 5.97 Å². The fraction of sp³-hybridized carbons (Fsp3) is 0.739. The predicted molar refractivity (Wildman–Crippen MR) is 104 cm³/mol. The van der Waals surface area contributed by atoms with E-state index >= 15 is 4.39 Å². The van der Waals surface area contributed by atoms with Gasteiger partial charge in [0.2, 0.25) is 0 Å². The highest BCUT2D eigenvalue weighted by Crippen LogP contribution is 2.72. The maximum absolute atomic E-state index is 17.0. The highest BCUT2D eigenvalue weighted by atomic mass is 19.1. The van der Waals surface area contributed by atoms with E-state index in [1.54, 1.807) is 26.8 Å². The number of aliphatic hydroxyl groups excluding tert-OH is 1. The molecule has 2 N–H and O–H groups in total. The molecule has 4 aliphatic carbocycles. The molecule has 5 aliphatic rings. The second kappa shape index (κ2) is 5.61. The number of aliphatic hydroxyl groups is 1. The van der Waals surface area contributed by atoms with Crippen LogP contribution >= 0.6 is 0 Å². The molecule has 0 spiro atoms. The zero-order chi connectivity index (χ0) is 21.9. The van der Waals surface area contributed by atoms with E-state index in [2.05, 4.69) is 0 Å². The highest BCUT2D eigenvalue weighted by Gasteiger charge is 2.80. The number of ether oxygens (including phenoxy) is 2. The number of alkyl halides is 1. The van der Waals surface area contributed by atoms with Crippen LogP contribution in [0.2, 0.25) is 0 Å². The van der Waals surface area contributed by atoms with Crippen LogP contribution in [0.5, 0.6) is 0 Å². The van der Waals surface area contributed by atoms with Gasteiger partial charge in [0.1, 0.15) is 6.10 Å². The van der Waals surface area contributed by atoms with Crippen molar-refractivity contribution in [1.29, 1.82) is 0 Å². The lowest BCUT2D eigenvalue weighted by Crippen LogP contribution is -2.69. The number of ketones is 1. The first kappa shape index (κ1) is 20.3. The van der Waals surface area contributed by atoms with Crippen molar-refractivity contribution in [3.8, 4) is 0 Å². The van der Waals surface area contributed by atoms with Crippen LogP contribution in [0.3, 0.4) is 0 Å². The number of aliphatic carboxylic acids is 1. The molecule has 0 amide bonds. The van der Waals surface area contributed by atoms with E-state index in [1.807, 2.05) is 6.92 Å². The van der Waals surface area contributed by atoms with Crippen LogP contribution in [0.25, 0.3) is 0 Å². The Bertz CT molecular complexity index is 909. The maximum atomic E-state index is 17.0. The molecule has 0 aromatic rings. The Kier molecular flexibility index (Phi) is 3.81. The predicted octanol–water partition coefficient (Wildman–Crippen LogP) is 2.94. The van der Waals surface area contributed by atoms with Crippen molar-refractivity contribution < 1.29 is 33.7 Å². The van der Waals surface area contributed by atoms with E-state index in [-0.39, 0.29) is 18.1 Å². The Morgan fingerprint density at radius 3 is 2.60 bits per heavy atom. The summed E-state index contributed by atoms with van der Waals surface area (Å²) in [5.74, 6) is -3.24. The number of hydrogen-bond acceptors (Lipinski definition) is 5. The summed E-state index contributed by atoms with van der Waals surface area (Å²) in [5, 5.41) is 21.6. The van der Waals surface area contributed by atoms with Crippen molar-refractivity contribution in [3.05, 3.63) is 23.8 Å². The van der Waals surface area contributed by atoms with Crippen molar-refractivity contribution in [1.82, 2.24) is 0 Å². The molecule has 5 rings (SSSR count). The summed E-state index contributed by atoms with van der Waals surface area (Å²) in [7, 11) is 0. The quantitative estimate of drug-likeness (QED) is 0.678. The minimum absolute atomic E-state index is 0.0441. The molecule has 0 radical (unpaired) electrons. The SMILES string of the molecule is CC1(C)O[C@@H]2C[C@@H]3[C@H]4CCC5=CC(=O)C=C[C@]5(C)[C@@]4(F)[C@@H](O)C[C@]3(C)[C@]2(C(=O)O)O1. The molecule has 0 aromatic heterocycles. The highest BCUT2D eigenvalue weighted by molar-refractivity contribution is 6.01. The van der Waals surface area contributed by atoms with Crippen LogP contribution in [0.1, 0.15) is 53.4 Å². The average Bonchev–Trinajstić information content (AvgIpc) is 3.04. The first-order valence-electron chi connectivity index (χ1n) is 10.7. The lowest BCUT2D eigenvalue weighted by atomic mass is 9.45. The van der Waals surface area contributed by atoms with Gasteiger partial charge in [0.05, 0.1) is 6.10 Å². The van der Waals surface area contributed by atoms with Gasteiger partial charge in [-0.3, -0.25) is 4.79 Å². The van der Waals surface area contributed by atoms with Gasteiger partial charge < -0.3 is 19.7 Å². The van der Waals surface area contributed by atoms with E-state index in [4.69, 9.17) is 9.47 Å². The number of carboxylic acid groups (broad SMARTS) is 1. The molecule has 4 fully saturated rings. The molecule has 0 bridgehead atoms. The number of halogens is 1. The summed E-state index contributed by atoms with van der Waals surface area (Å²) in [6.45, 7) is 6.94. The van der Waals surface area contributed by atoms with Gasteiger partial charge in [-0.15, -0.1) is 0 Å². The van der Waals surface area contributed by atoms with Gasteiger partial charge in [-0.05, 0) is 64.5 Å². The van der Waals surface area contributed by atoms with E-state index in [1.165, 1.54) is 12.2 Å². The van der Waals surface area contributed by atoms with E-state index in [9.17, 15) is 19.8 Å². The number of allylic oxidation sites excluding steroid dienone is 4. The fourth-order valence-electron chi connectivity index (χ4n) is 7.68. The van der Waals surface area contributed by atoms with Crippen LogP contribution in [-0.2, 0) is 19.1 Å². The van der Waals surface area contributed by atoms with Crippen molar-refractivity contribution in [2.75, 3.05) is 0 Å². The zero-order valence-corrected chi connectivity index (χ0v) is 17.8. The summed E-state index contributed by atoms with van der Waals surface area (Å²) >= 11 is 0. The monoisotopic (exact) mass is 420 g/mol. The number of rotatable bonds is 1. The number of carbonyl (C=O) groups excluding carboxylic acids is 1. The van der Waals surface area contributed by atoms with Gasteiger partial charge in [0, 0.05) is 16.7 Å². The Labute approximate surface area is 175 Å². The number of hydrogen-bond donors (Lipinski definition) is 2. The summed E-state index contributed by atoms with van der Waals surface area (Å²) in [5.41, 5.74) is -5.00. The third kappa shape index (κ3) is 2.04. The Hall–Kier alpha value is -1.57. The topological polar surface area (TPSA) is 93.1 Å². The molecule has 3 saturated carbocycles. The lowest BCUT2D eigenvalue weighted by Gasteiger charge is -2.62. The largest absolute Gasteiger partial charge is 0.479 e. The van der Waals surface area contributed by atoms with E-state index in [0.29, 0.717) is 24.8 Å². The molecular weight excluding hydrogens is 391 g/mol. The average molecular weight is 420 g/mol. The molecule has 1 heterocycles. The smallest absolute Gasteiger partial charge is 0.339 e. The maximum Gasteiger partial charge on any atom is 0.339 e. The third-order valence-electron chi connectivity index (χ3n) is 8.95. The summed E-state index contributed by atoms with van der Waals surface area (Å²) in [6.07, 6.45) is 3.69. The van der Waals surface area contributed by atoms with Crippen LogP contribution in [-0.4, -0.2) is 51.2 Å². The molecule has 0 aromatic carbocycles. The van der Waals surface area contributed by atoms with Crippen molar-refractivity contribution in [2.24, 2.45) is 22.7 Å². The molecule has 0 unspecified atom stereocenters. The second-order valence-electron chi connectivity index (χ2n) is 10.6. The van der Waals surface area contributed by atoms with Gasteiger partial charge in [0.25, 0.3) is 0 Å². The molecule has 8 atom stereocenters. The molecule has 6 nitrogen and oxygen atoms in total. The molecule has 1 aliphatic heterocycles.